The molecule has 2 amide bonds. The fourth-order valence-electron chi connectivity index (χ4n) is 4.54. The van der Waals surface area contributed by atoms with Gasteiger partial charge in [-0.05, 0) is 44.0 Å². The van der Waals surface area contributed by atoms with E-state index in [1.807, 2.05) is 24.3 Å². The van der Waals surface area contributed by atoms with E-state index >= 15 is 0 Å². The minimum Gasteiger partial charge on any atom is -0.390 e. The van der Waals surface area contributed by atoms with Crippen LogP contribution < -0.4 is 10.6 Å². The molecule has 0 saturated heterocycles. The van der Waals surface area contributed by atoms with Gasteiger partial charge < -0.3 is 20.6 Å². The van der Waals surface area contributed by atoms with Gasteiger partial charge in [-0.1, -0.05) is 44.0 Å². The van der Waals surface area contributed by atoms with Gasteiger partial charge in [0.05, 0.1) is 12.1 Å². The predicted octanol–water partition coefficient (Wildman–Crippen LogP) is 2.45. The van der Waals surface area contributed by atoms with Gasteiger partial charge in [-0.2, -0.15) is 0 Å². The highest BCUT2D eigenvalue weighted by Crippen LogP contribution is 2.35. The van der Waals surface area contributed by atoms with Crippen LogP contribution in [0.3, 0.4) is 0 Å². The molecule has 0 unspecified atom stereocenters. The zero-order valence-electron chi connectivity index (χ0n) is 15.6. The molecule has 4 atom stereocenters. The van der Waals surface area contributed by atoms with E-state index in [0.29, 0.717) is 18.9 Å². The van der Waals surface area contributed by atoms with Crippen molar-refractivity contribution in [3.05, 3.63) is 35.4 Å². The second-order valence-electron chi connectivity index (χ2n) is 8.10. The molecule has 2 aliphatic rings. The summed E-state index contributed by atoms with van der Waals surface area (Å²) in [4.78, 5) is 14.8. The van der Waals surface area contributed by atoms with Gasteiger partial charge in [0.25, 0.3) is 0 Å². The Bertz CT molecular complexity index is 619. The first-order valence-electron chi connectivity index (χ1n) is 9.39. The number of nitrogens with one attached hydrogen (secondary N) is 2. The van der Waals surface area contributed by atoms with E-state index in [9.17, 15) is 9.90 Å². The lowest BCUT2D eigenvalue weighted by Gasteiger charge is -2.45. The van der Waals surface area contributed by atoms with E-state index in [-0.39, 0.29) is 17.6 Å². The van der Waals surface area contributed by atoms with Crippen LogP contribution in [0.1, 0.15) is 49.8 Å². The Balaban J connectivity index is 1.61. The van der Waals surface area contributed by atoms with Crippen LogP contribution >= 0.6 is 0 Å². The SMILES string of the molecule is C[C@H]1CCC[C@](CNC(=O)N[C@@H]2c3ccccc3C[C@@H]2O)(N(C)C)C1. The van der Waals surface area contributed by atoms with Crippen molar-refractivity contribution in [2.75, 3.05) is 20.6 Å². The van der Waals surface area contributed by atoms with Gasteiger partial charge in [0.2, 0.25) is 0 Å². The number of fused-ring (bicyclic) bond motifs is 1. The summed E-state index contributed by atoms with van der Waals surface area (Å²) in [7, 11) is 4.21. The number of aliphatic hydroxyl groups excluding tert-OH is 1. The lowest BCUT2D eigenvalue weighted by atomic mass is 9.75. The largest absolute Gasteiger partial charge is 0.390 e. The summed E-state index contributed by atoms with van der Waals surface area (Å²) in [5.74, 6) is 0.685. The van der Waals surface area contributed by atoms with Gasteiger partial charge in [0.15, 0.2) is 0 Å². The van der Waals surface area contributed by atoms with Crippen LogP contribution in [0.4, 0.5) is 4.79 Å². The third kappa shape index (κ3) is 3.82. The Labute approximate surface area is 150 Å². The van der Waals surface area contributed by atoms with Crippen molar-refractivity contribution < 1.29 is 9.90 Å². The van der Waals surface area contributed by atoms with E-state index in [4.69, 9.17) is 0 Å². The Kier molecular flexibility index (Phi) is 5.35. The highest BCUT2D eigenvalue weighted by molar-refractivity contribution is 5.75. The monoisotopic (exact) mass is 345 g/mol. The second kappa shape index (κ2) is 7.34. The van der Waals surface area contributed by atoms with E-state index < -0.39 is 6.10 Å². The van der Waals surface area contributed by atoms with Gasteiger partial charge in [-0.15, -0.1) is 0 Å². The maximum Gasteiger partial charge on any atom is 0.315 e. The number of aliphatic hydroxyl groups is 1. The third-order valence-corrected chi connectivity index (χ3v) is 6.08. The summed E-state index contributed by atoms with van der Waals surface area (Å²) >= 11 is 0. The van der Waals surface area contributed by atoms with E-state index in [0.717, 1.165) is 24.0 Å². The molecular formula is C20H31N3O2. The second-order valence-corrected chi connectivity index (χ2v) is 8.10. The van der Waals surface area contributed by atoms with Gasteiger partial charge in [0, 0.05) is 18.5 Å². The minimum absolute atomic E-state index is 0.0290. The van der Waals surface area contributed by atoms with Crippen LogP contribution in [0.15, 0.2) is 24.3 Å². The van der Waals surface area contributed by atoms with Crippen LogP contribution in [0.2, 0.25) is 0 Å². The van der Waals surface area contributed by atoms with Crippen molar-refractivity contribution in [3.63, 3.8) is 0 Å². The lowest BCUT2D eigenvalue weighted by molar-refractivity contribution is 0.0766. The van der Waals surface area contributed by atoms with E-state index in [1.54, 1.807) is 0 Å². The molecule has 5 nitrogen and oxygen atoms in total. The van der Waals surface area contributed by atoms with Crippen LogP contribution in [-0.2, 0) is 6.42 Å². The molecule has 3 rings (SSSR count). The fourth-order valence-corrected chi connectivity index (χ4v) is 4.54. The van der Waals surface area contributed by atoms with Crippen LogP contribution in [0.5, 0.6) is 0 Å². The van der Waals surface area contributed by atoms with Gasteiger partial charge >= 0.3 is 6.03 Å². The molecule has 3 N–H and O–H groups in total. The Hall–Kier alpha value is -1.59. The number of hydrogen-bond acceptors (Lipinski definition) is 3. The number of nitrogens with zero attached hydrogens (tertiary/aromatic N) is 1. The smallest absolute Gasteiger partial charge is 0.315 e. The molecule has 5 heteroatoms. The Morgan fingerprint density at radius 1 is 1.36 bits per heavy atom. The molecule has 0 heterocycles. The molecular weight excluding hydrogens is 314 g/mol. The minimum atomic E-state index is -0.555. The number of hydrogen-bond donors (Lipinski definition) is 3. The number of urea groups is 1. The molecule has 0 spiro atoms. The number of amides is 2. The number of carbonyl (C=O) groups is 1. The van der Waals surface area contributed by atoms with E-state index in [1.165, 1.54) is 12.8 Å². The highest BCUT2D eigenvalue weighted by atomic mass is 16.3. The van der Waals surface area contributed by atoms with E-state index in [2.05, 4.69) is 36.6 Å². The van der Waals surface area contributed by atoms with Crippen molar-refractivity contribution in [2.45, 2.75) is 56.7 Å². The topological polar surface area (TPSA) is 64.6 Å². The van der Waals surface area contributed by atoms with Crippen molar-refractivity contribution >= 4 is 6.03 Å². The maximum atomic E-state index is 12.5. The summed E-state index contributed by atoms with van der Waals surface area (Å²) in [6.45, 7) is 2.93. The van der Waals surface area contributed by atoms with Crippen LogP contribution in [0, 0.1) is 5.92 Å². The first-order chi connectivity index (χ1) is 11.9. The van der Waals surface area contributed by atoms with Gasteiger partial charge in [0.1, 0.15) is 0 Å². The quantitative estimate of drug-likeness (QED) is 0.785. The molecule has 1 aromatic rings. The number of rotatable bonds is 4. The lowest BCUT2D eigenvalue weighted by Crippen LogP contribution is -2.56. The molecule has 1 fully saturated rings. The summed E-state index contributed by atoms with van der Waals surface area (Å²) in [6, 6.07) is 7.41. The van der Waals surface area contributed by atoms with Crippen LogP contribution in [0.25, 0.3) is 0 Å². The molecule has 2 aliphatic carbocycles. The average Bonchev–Trinajstić information content (AvgIpc) is 2.89. The molecule has 0 radical (unpaired) electrons. The molecule has 138 valence electrons. The molecule has 0 aromatic heterocycles. The van der Waals surface area contributed by atoms with Crippen LogP contribution in [-0.4, -0.2) is 48.3 Å². The summed E-state index contributed by atoms with van der Waals surface area (Å²) < 4.78 is 0. The summed E-state index contributed by atoms with van der Waals surface area (Å²) in [6.07, 6.45) is 4.74. The normalized spacial score (nSPS) is 31.6. The Morgan fingerprint density at radius 3 is 2.84 bits per heavy atom. The first kappa shape index (κ1) is 18.2. The third-order valence-electron chi connectivity index (χ3n) is 6.08. The zero-order valence-corrected chi connectivity index (χ0v) is 15.6. The van der Waals surface area contributed by atoms with Gasteiger partial charge in [-0.3, -0.25) is 0 Å². The van der Waals surface area contributed by atoms with Gasteiger partial charge in [-0.25, -0.2) is 4.79 Å². The summed E-state index contributed by atoms with van der Waals surface area (Å²) in [5.41, 5.74) is 2.17. The average molecular weight is 345 g/mol. The standard InChI is InChI=1S/C20H31N3O2/c1-14-7-6-10-20(12-14,23(2)3)13-21-19(25)22-18-16-9-5-4-8-15(16)11-17(18)24/h4-5,8-9,14,17-18,24H,6-7,10-13H2,1-3H3,(H2,21,22,25)/t14-,17-,18+,20-/m0/s1. The molecule has 0 aliphatic heterocycles. The fraction of sp³-hybridized carbons (Fsp3) is 0.650. The Morgan fingerprint density at radius 2 is 2.12 bits per heavy atom. The van der Waals surface area contributed by atoms with Crippen molar-refractivity contribution in [3.8, 4) is 0 Å². The highest BCUT2D eigenvalue weighted by Gasteiger charge is 2.38. The first-order valence-corrected chi connectivity index (χ1v) is 9.39. The molecule has 25 heavy (non-hydrogen) atoms. The predicted molar refractivity (Wildman–Crippen MR) is 99.5 cm³/mol. The molecule has 0 bridgehead atoms. The summed E-state index contributed by atoms with van der Waals surface area (Å²) in [5, 5.41) is 16.3. The van der Waals surface area contributed by atoms with Crippen molar-refractivity contribution in [1.82, 2.24) is 15.5 Å². The molecule has 1 aromatic carbocycles. The number of carbonyl (C=O) groups excluding carboxylic acids is 1. The van der Waals surface area contributed by atoms with Crippen molar-refractivity contribution in [1.29, 1.82) is 0 Å². The zero-order chi connectivity index (χ0) is 18.0. The number of likely N-dealkylation sites (N-methyl/N-ethyl adjacent to an activating group) is 1. The van der Waals surface area contributed by atoms with Crippen molar-refractivity contribution in [2.24, 2.45) is 5.92 Å². The molecule has 1 saturated carbocycles. The number of benzene rings is 1. The maximum absolute atomic E-state index is 12.5.